The van der Waals surface area contributed by atoms with Crippen LogP contribution in [0.2, 0.25) is 0 Å². The van der Waals surface area contributed by atoms with Crippen LogP contribution in [0.5, 0.6) is 0 Å². The van der Waals surface area contributed by atoms with Crippen LogP contribution >= 0.6 is 0 Å². The lowest BCUT2D eigenvalue weighted by molar-refractivity contribution is 0.0783. The van der Waals surface area contributed by atoms with Gasteiger partial charge in [-0.3, -0.25) is 0 Å². The standard InChI is InChI=1S/C9H12FNO/c1-9(2,12)6-3-7(10)5-8(11)4-6/h3-5,12H,11H2,1-2H3. The highest BCUT2D eigenvalue weighted by Gasteiger charge is 2.16. The average Bonchev–Trinajstić information content (AvgIpc) is 1.82. The molecule has 0 fully saturated rings. The minimum atomic E-state index is -1.05. The van der Waals surface area contributed by atoms with Crippen LogP contribution in [-0.4, -0.2) is 5.11 Å². The summed E-state index contributed by atoms with van der Waals surface area (Å²) in [7, 11) is 0. The summed E-state index contributed by atoms with van der Waals surface area (Å²) in [5, 5.41) is 9.52. The molecule has 0 aromatic heterocycles. The lowest BCUT2D eigenvalue weighted by Gasteiger charge is -2.17. The highest BCUT2D eigenvalue weighted by atomic mass is 19.1. The summed E-state index contributed by atoms with van der Waals surface area (Å²) >= 11 is 0. The third-order valence-electron chi connectivity index (χ3n) is 1.63. The second-order valence-corrected chi connectivity index (χ2v) is 3.33. The fourth-order valence-corrected chi connectivity index (χ4v) is 0.966. The van der Waals surface area contributed by atoms with E-state index in [4.69, 9.17) is 5.73 Å². The average molecular weight is 169 g/mol. The van der Waals surface area contributed by atoms with Crippen molar-refractivity contribution in [2.24, 2.45) is 0 Å². The molecule has 0 amide bonds. The van der Waals surface area contributed by atoms with Gasteiger partial charge in [0.2, 0.25) is 0 Å². The predicted octanol–water partition coefficient (Wildman–Crippen LogP) is 1.64. The van der Waals surface area contributed by atoms with Gasteiger partial charge in [-0.25, -0.2) is 4.39 Å². The van der Waals surface area contributed by atoms with Crippen LogP contribution in [0.15, 0.2) is 18.2 Å². The topological polar surface area (TPSA) is 46.2 Å². The Morgan fingerprint density at radius 3 is 2.33 bits per heavy atom. The van der Waals surface area contributed by atoms with Gasteiger partial charge in [-0.15, -0.1) is 0 Å². The third-order valence-corrected chi connectivity index (χ3v) is 1.63. The molecule has 0 spiro atoms. The van der Waals surface area contributed by atoms with Gasteiger partial charge in [-0.1, -0.05) is 0 Å². The van der Waals surface area contributed by atoms with E-state index in [-0.39, 0.29) is 0 Å². The zero-order valence-corrected chi connectivity index (χ0v) is 7.13. The molecule has 3 N–H and O–H groups in total. The second kappa shape index (κ2) is 2.75. The molecule has 0 aliphatic rings. The molecule has 2 nitrogen and oxygen atoms in total. The highest BCUT2D eigenvalue weighted by molar-refractivity contribution is 5.42. The summed E-state index contributed by atoms with van der Waals surface area (Å²) in [4.78, 5) is 0. The van der Waals surface area contributed by atoms with Crippen LogP contribution in [0.3, 0.4) is 0 Å². The molecule has 0 atom stereocenters. The molecular weight excluding hydrogens is 157 g/mol. The first kappa shape index (κ1) is 9.00. The van der Waals surface area contributed by atoms with Crippen molar-refractivity contribution < 1.29 is 9.50 Å². The Kier molecular flexibility index (Phi) is 2.06. The van der Waals surface area contributed by atoms with Crippen molar-refractivity contribution >= 4 is 5.69 Å². The van der Waals surface area contributed by atoms with Crippen molar-refractivity contribution in [3.8, 4) is 0 Å². The monoisotopic (exact) mass is 169 g/mol. The largest absolute Gasteiger partial charge is 0.399 e. The van der Waals surface area contributed by atoms with Gasteiger partial charge < -0.3 is 10.8 Å². The maximum Gasteiger partial charge on any atom is 0.125 e. The Labute approximate surface area is 70.8 Å². The molecule has 1 aromatic rings. The Hall–Kier alpha value is -1.09. The lowest BCUT2D eigenvalue weighted by atomic mass is 9.98. The van der Waals surface area contributed by atoms with E-state index >= 15 is 0 Å². The highest BCUT2D eigenvalue weighted by Crippen LogP contribution is 2.22. The van der Waals surface area contributed by atoms with E-state index in [1.54, 1.807) is 19.9 Å². The van der Waals surface area contributed by atoms with Crippen molar-refractivity contribution in [1.29, 1.82) is 0 Å². The second-order valence-electron chi connectivity index (χ2n) is 3.33. The molecule has 0 radical (unpaired) electrons. The van der Waals surface area contributed by atoms with Gasteiger partial charge in [-0.2, -0.15) is 0 Å². The molecule has 66 valence electrons. The first-order valence-electron chi connectivity index (χ1n) is 3.68. The number of benzene rings is 1. The van der Waals surface area contributed by atoms with Crippen molar-refractivity contribution in [2.75, 3.05) is 5.73 Å². The van der Waals surface area contributed by atoms with E-state index in [1.807, 2.05) is 0 Å². The molecule has 1 aromatic carbocycles. The molecule has 3 heteroatoms. The molecule has 0 aliphatic carbocycles. The van der Waals surface area contributed by atoms with Crippen LogP contribution in [0.25, 0.3) is 0 Å². The predicted molar refractivity (Wildman–Crippen MR) is 46.1 cm³/mol. The molecule has 12 heavy (non-hydrogen) atoms. The minimum Gasteiger partial charge on any atom is -0.399 e. The van der Waals surface area contributed by atoms with Crippen molar-refractivity contribution in [3.05, 3.63) is 29.6 Å². The van der Waals surface area contributed by atoms with Crippen LogP contribution in [-0.2, 0) is 5.60 Å². The molecule has 0 heterocycles. The molecule has 0 saturated carbocycles. The lowest BCUT2D eigenvalue weighted by Crippen LogP contribution is -2.15. The SMILES string of the molecule is CC(C)(O)c1cc(N)cc(F)c1. The van der Waals surface area contributed by atoms with Crippen LogP contribution in [0.4, 0.5) is 10.1 Å². The van der Waals surface area contributed by atoms with Crippen LogP contribution in [0, 0.1) is 5.82 Å². The number of rotatable bonds is 1. The number of hydrogen-bond acceptors (Lipinski definition) is 2. The number of nitrogens with two attached hydrogens (primary N) is 1. The van der Waals surface area contributed by atoms with Gasteiger partial charge >= 0.3 is 0 Å². The quantitative estimate of drug-likeness (QED) is 0.628. The van der Waals surface area contributed by atoms with Gasteiger partial charge in [-0.05, 0) is 37.6 Å². The van der Waals surface area contributed by atoms with E-state index in [2.05, 4.69) is 0 Å². The van der Waals surface area contributed by atoms with E-state index in [9.17, 15) is 9.50 Å². The maximum absolute atomic E-state index is 12.8. The Morgan fingerprint density at radius 2 is 1.92 bits per heavy atom. The first-order chi connectivity index (χ1) is 5.39. The Morgan fingerprint density at radius 1 is 1.33 bits per heavy atom. The van der Waals surface area contributed by atoms with Gasteiger partial charge in [0.25, 0.3) is 0 Å². The summed E-state index contributed by atoms with van der Waals surface area (Å²) < 4.78 is 12.8. The van der Waals surface area contributed by atoms with Gasteiger partial charge in [0, 0.05) is 5.69 Å². The van der Waals surface area contributed by atoms with Crippen molar-refractivity contribution in [1.82, 2.24) is 0 Å². The zero-order valence-electron chi connectivity index (χ0n) is 7.13. The Balaban J connectivity index is 3.18. The summed E-state index contributed by atoms with van der Waals surface area (Å²) in [6, 6.07) is 4.05. The molecule has 0 aliphatic heterocycles. The van der Waals surface area contributed by atoms with Gasteiger partial charge in [0.05, 0.1) is 5.60 Å². The summed E-state index contributed by atoms with van der Waals surface area (Å²) in [6.07, 6.45) is 0. The van der Waals surface area contributed by atoms with Gasteiger partial charge in [0.1, 0.15) is 5.82 Å². The smallest absolute Gasteiger partial charge is 0.125 e. The number of nitrogen functional groups attached to an aromatic ring is 1. The van der Waals surface area contributed by atoms with Crippen LogP contribution < -0.4 is 5.73 Å². The Bertz CT molecular complexity index is 271. The zero-order chi connectivity index (χ0) is 9.35. The number of aliphatic hydroxyl groups is 1. The fraction of sp³-hybridized carbons (Fsp3) is 0.333. The number of anilines is 1. The summed E-state index contributed by atoms with van der Waals surface area (Å²) in [5.41, 5.74) is 5.17. The van der Waals surface area contributed by atoms with Crippen molar-refractivity contribution in [2.45, 2.75) is 19.4 Å². The maximum atomic E-state index is 12.8. The summed E-state index contributed by atoms with van der Waals surface area (Å²) in [5.74, 6) is -0.424. The van der Waals surface area contributed by atoms with E-state index in [1.165, 1.54) is 12.1 Å². The van der Waals surface area contributed by atoms with Gasteiger partial charge in [0.15, 0.2) is 0 Å². The van der Waals surface area contributed by atoms with Crippen molar-refractivity contribution in [3.63, 3.8) is 0 Å². The minimum absolute atomic E-state index is 0.326. The number of halogens is 1. The summed E-state index contributed by atoms with van der Waals surface area (Å²) in [6.45, 7) is 3.17. The molecule has 0 saturated heterocycles. The van der Waals surface area contributed by atoms with E-state index in [0.717, 1.165) is 0 Å². The van der Waals surface area contributed by atoms with Crippen LogP contribution in [0.1, 0.15) is 19.4 Å². The van der Waals surface area contributed by atoms with E-state index in [0.29, 0.717) is 11.3 Å². The first-order valence-corrected chi connectivity index (χ1v) is 3.68. The normalized spacial score (nSPS) is 11.7. The fourth-order valence-electron chi connectivity index (χ4n) is 0.966. The third kappa shape index (κ3) is 1.95. The molecule has 0 bridgehead atoms. The molecule has 0 unspecified atom stereocenters. The molecular formula is C9H12FNO. The van der Waals surface area contributed by atoms with E-state index < -0.39 is 11.4 Å². The molecule has 1 rings (SSSR count). The number of hydrogen-bond donors (Lipinski definition) is 2.